The Morgan fingerprint density at radius 3 is 2.61 bits per heavy atom. The van der Waals surface area contributed by atoms with E-state index in [0.717, 1.165) is 12.2 Å². The molecule has 2 aromatic carbocycles. The number of nitrogens with zero attached hydrogens (tertiary/aromatic N) is 2. The molecule has 166 valence electrons. The molecule has 1 heterocycles. The lowest BCUT2D eigenvalue weighted by Gasteiger charge is -2.18. The Morgan fingerprint density at radius 1 is 1.16 bits per heavy atom. The summed E-state index contributed by atoms with van der Waals surface area (Å²) in [7, 11) is -2.08. The van der Waals surface area contributed by atoms with Crippen LogP contribution in [0, 0.1) is 6.92 Å². The van der Waals surface area contributed by atoms with Crippen molar-refractivity contribution in [2.24, 2.45) is 0 Å². The van der Waals surface area contributed by atoms with Crippen molar-refractivity contribution in [2.75, 3.05) is 19.0 Å². The Kier molecular flexibility index (Phi) is 8.00. The average molecular weight is 461 g/mol. The molecular formula is C22H28N4O3S2. The maximum absolute atomic E-state index is 12.8. The summed E-state index contributed by atoms with van der Waals surface area (Å²) in [6.45, 7) is 4.52. The van der Waals surface area contributed by atoms with Crippen molar-refractivity contribution in [3.05, 3.63) is 65.5 Å². The van der Waals surface area contributed by atoms with Crippen LogP contribution in [0.15, 0.2) is 53.4 Å². The SMILES string of the molecule is CCCC(CNc1nc(Cc2cccc(C)c2)ns1)NS(=O)(=O)c1ccc(OC)cc1. The quantitative estimate of drug-likeness (QED) is 0.449. The first-order valence-electron chi connectivity index (χ1n) is 10.2. The Bertz CT molecular complexity index is 1080. The van der Waals surface area contributed by atoms with Gasteiger partial charge in [-0.05, 0) is 43.2 Å². The lowest BCUT2D eigenvalue weighted by Crippen LogP contribution is -2.39. The maximum atomic E-state index is 12.8. The van der Waals surface area contributed by atoms with E-state index in [-0.39, 0.29) is 10.9 Å². The number of aryl methyl sites for hydroxylation is 1. The van der Waals surface area contributed by atoms with Gasteiger partial charge in [0.25, 0.3) is 0 Å². The van der Waals surface area contributed by atoms with Gasteiger partial charge < -0.3 is 10.1 Å². The van der Waals surface area contributed by atoms with E-state index in [4.69, 9.17) is 4.74 Å². The van der Waals surface area contributed by atoms with Crippen molar-refractivity contribution < 1.29 is 13.2 Å². The summed E-state index contributed by atoms with van der Waals surface area (Å²) in [5.74, 6) is 1.37. The standard InChI is InChI=1S/C22H28N4O3S2/c1-4-6-18(26-31(27,28)20-11-9-19(29-3)10-12-20)15-23-22-24-21(25-30-22)14-17-8-5-7-16(2)13-17/h5,7-13,18,26H,4,6,14-15H2,1-3H3,(H,23,24,25). The minimum atomic E-state index is -3.63. The fourth-order valence-electron chi connectivity index (χ4n) is 3.21. The number of methoxy groups -OCH3 is 1. The summed E-state index contributed by atoms with van der Waals surface area (Å²) in [5, 5.41) is 3.92. The third-order valence-electron chi connectivity index (χ3n) is 4.74. The van der Waals surface area contributed by atoms with Gasteiger partial charge in [-0.3, -0.25) is 0 Å². The summed E-state index contributed by atoms with van der Waals surface area (Å²) in [6.07, 6.45) is 2.23. The molecule has 0 spiro atoms. The summed E-state index contributed by atoms with van der Waals surface area (Å²) in [4.78, 5) is 4.76. The lowest BCUT2D eigenvalue weighted by atomic mass is 10.1. The molecule has 0 bridgehead atoms. The molecule has 1 unspecified atom stereocenters. The number of hydrogen-bond donors (Lipinski definition) is 2. The van der Waals surface area contributed by atoms with E-state index in [1.54, 1.807) is 31.4 Å². The zero-order valence-electron chi connectivity index (χ0n) is 18.0. The number of rotatable bonds is 11. The van der Waals surface area contributed by atoms with Crippen LogP contribution in [-0.4, -0.2) is 37.5 Å². The molecule has 1 aromatic heterocycles. The molecule has 31 heavy (non-hydrogen) atoms. The summed E-state index contributed by atoms with van der Waals surface area (Å²) >= 11 is 1.29. The predicted molar refractivity (Wildman–Crippen MR) is 124 cm³/mol. The number of benzene rings is 2. The van der Waals surface area contributed by atoms with E-state index in [0.29, 0.717) is 30.3 Å². The maximum Gasteiger partial charge on any atom is 0.240 e. The number of anilines is 1. The van der Waals surface area contributed by atoms with Gasteiger partial charge in [0, 0.05) is 30.5 Å². The summed E-state index contributed by atoms with van der Waals surface area (Å²) in [6, 6.07) is 14.4. The van der Waals surface area contributed by atoms with Crippen LogP contribution >= 0.6 is 11.5 Å². The molecular weight excluding hydrogens is 432 g/mol. The van der Waals surface area contributed by atoms with Gasteiger partial charge in [0.1, 0.15) is 11.6 Å². The van der Waals surface area contributed by atoms with Gasteiger partial charge in [0.15, 0.2) is 0 Å². The highest BCUT2D eigenvalue weighted by Crippen LogP contribution is 2.18. The van der Waals surface area contributed by atoms with E-state index >= 15 is 0 Å². The first kappa shape index (κ1) is 23.2. The van der Waals surface area contributed by atoms with E-state index < -0.39 is 10.0 Å². The second-order valence-electron chi connectivity index (χ2n) is 7.34. The topological polar surface area (TPSA) is 93.2 Å². The average Bonchev–Trinajstić information content (AvgIpc) is 3.19. The number of aromatic nitrogens is 2. The van der Waals surface area contributed by atoms with Crippen LogP contribution in [0.5, 0.6) is 5.75 Å². The molecule has 3 rings (SSSR count). The van der Waals surface area contributed by atoms with Crippen molar-refractivity contribution in [3.8, 4) is 5.75 Å². The van der Waals surface area contributed by atoms with Crippen LogP contribution in [0.25, 0.3) is 0 Å². The Hall–Kier alpha value is -2.49. The van der Waals surface area contributed by atoms with Crippen molar-refractivity contribution in [1.29, 1.82) is 0 Å². The van der Waals surface area contributed by atoms with Gasteiger partial charge in [-0.1, -0.05) is 43.2 Å². The normalized spacial score (nSPS) is 12.5. The molecule has 9 heteroatoms. The molecule has 0 aliphatic heterocycles. The van der Waals surface area contributed by atoms with Crippen molar-refractivity contribution >= 4 is 26.7 Å². The van der Waals surface area contributed by atoms with Crippen LogP contribution in [0.1, 0.15) is 36.7 Å². The zero-order chi connectivity index (χ0) is 22.3. The minimum Gasteiger partial charge on any atom is -0.497 e. The molecule has 3 aromatic rings. The molecule has 1 atom stereocenters. The molecule has 0 amide bonds. The number of nitrogens with one attached hydrogen (secondary N) is 2. The van der Waals surface area contributed by atoms with Crippen LogP contribution < -0.4 is 14.8 Å². The smallest absolute Gasteiger partial charge is 0.240 e. The van der Waals surface area contributed by atoms with E-state index in [2.05, 4.69) is 44.5 Å². The number of ether oxygens (including phenoxy) is 1. The lowest BCUT2D eigenvalue weighted by molar-refractivity contribution is 0.414. The second kappa shape index (κ2) is 10.7. The van der Waals surface area contributed by atoms with Crippen molar-refractivity contribution in [2.45, 2.75) is 44.0 Å². The monoisotopic (exact) mass is 460 g/mol. The van der Waals surface area contributed by atoms with E-state index in [9.17, 15) is 8.42 Å². The molecule has 0 fully saturated rings. The second-order valence-corrected chi connectivity index (χ2v) is 9.81. The van der Waals surface area contributed by atoms with Gasteiger partial charge in [-0.15, -0.1) is 0 Å². The Labute approximate surface area is 188 Å². The van der Waals surface area contributed by atoms with E-state index in [1.165, 1.54) is 22.7 Å². The minimum absolute atomic E-state index is 0.214. The first-order valence-corrected chi connectivity index (χ1v) is 12.4. The van der Waals surface area contributed by atoms with Crippen molar-refractivity contribution in [3.63, 3.8) is 0 Å². The van der Waals surface area contributed by atoms with Gasteiger partial charge >= 0.3 is 0 Å². The molecule has 0 aliphatic rings. The molecule has 2 N–H and O–H groups in total. The molecule has 0 saturated heterocycles. The fraction of sp³-hybridized carbons (Fsp3) is 0.364. The fourth-order valence-corrected chi connectivity index (χ4v) is 5.07. The Balaban J connectivity index is 1.60. The molecule has 7 nitrogen and oxygen atoms in total. The largest absolute Gasteiger partial charge is 0.497 e. The van der Waals surface area contributed by atoms with Gasteiger partial charge in [0.2, 0.25) is 15.2 Å². The molecule has 0 saturated carbocycles. The van der Waals surface area contributed by atoms with Gasteiger partial charge in [0.05, 0.1) is 12.0 Å². The highest BCUT2D eigenvalue weighted by Gasteiger charge is 2.20. The molecule has 0 radical (unpaired) electrons. The highest BCUT2D eigenvalue weighted by atomic mass is 32.2. The summed E-state index contributed by atoms with van der Waals surface area (Å²) in [5.41, 5.74) is 2.37. The zero-order valence-corrected chi connectivity index (χ0v) is 19.6. The third-order valence-corrected chi connectivity index (χ3v) is 6.99. The van der Waals surface area contributed by atoms with Crippen LogP contribution in [0.3, 0.4) is 0 Å². The van der Waals surface area contributed by atoms with Crippen LogP contribution in [0.2, 0.25) is 0 Å². The Morgan fingerprint density at radius 2 is 1.94 bits per heavy atom. The first-order chi connectivity index (χ1) is 14.9. The third kappa shape index (κ3) is 6.75. The van der Waals surface area contributed by atoms with Gasteiger partial charge in [-0.25, -0.2) is 18.1 Å². The number of hydrogen-bond acceptors (Lipinski definition) is 7. The van der Waals surface area contributed by atoms with Crippen LogP contribution in [0.4, 0.5) is 5.13 Å². The van der Waals surface area contributed by atoms with E-state index in [1.807, 2.05) is 13.0 Å². The number of sulfonamides is 1. The summed E-state index contributed by atoms with van der Waals surface area (Å²) < 4.78 is 37.8. The highest BCUT2D eigenvalue weighted by molar-refractivity contribution is 7.89. The van der Waals surface area contributed by atoms with Crippen LogP contribution in [-0.2, 0) is 16.4 Å². The molecule has 0 aliphatic carbocycles. The predicted octanol–water partition coefficient (Wildman–Crippen LogP) is 4.01. The van der Waals surface area contributed by atoms with Gasteiger partial charge in [-0.2, -0.15) is 4.37 Å². The van der Waals surface area contributed by atoms with Crippen molar-refractivity contribution in [1.82, 2.24) is 14.1 Å².